The van der Waals surface area contributed by atoms with Crippen molar-refractivity contribution < 1.29 is 4.74 Å². The van der Waals surface area contributed by atoms with E-state index >= 15 is 0 Å². The van der Waals surface area contributed by atoms with Crippen LogP contribution >= 0.6 is 31.9 Å². The zero-order valence-electron chi connectivity index (χ0n) is 10.4. The quantitative estimate of drug-likeness (QED) is 0.700. The largest absolute Gasteiger partial charge is 0.494 e. The van der Waals surface area contributed by atoms with Crippen molar-refractivity contribution in [3.05, 3.63) is 57.5 Å². The summed E-state index contributed by atoms with van der Waals surface area (Å²) in [6.45, 7) is 1.60. The Hall–Kier alpha value is -1.00. The van der Waals surface area contributed by atoms with Gasteiger partial charge in [0.15, 0.2) is 0 Å². The van der Waals surface area contributed by atoms with Crippen LogP contribution < -0.4 is 10.1 Å². The average molecular weight is 385 g/mol. The van der Waals surface area contributed by atoms with Crippen molar-refractivity contribution in [3.63, 3.8) is 0 Å². The number of para-hydroxylation sites is 1. The average Bonchev–Trinajstić information content (AvgIpc) is 2.42. The van der Waals surface area contributed by atoms with Crippen LogP contribution in [0.1, 0.15) is 6.42 Å². The van der Waals surface area contributed by atoms with E-state index < -0.39 is 0 Å². The second-order valence-corrected chi connectivity index (χ2v) is 5.84. The Balaban J connectivity index is 1.69. The molecule has 0 heterocycles. The minimum atomic E-state index is 0.713. The molecule has 4 heteroatoms. The summed E-state index contributed by atoms with van der Waals surface area (Å²) >= 11 is 6.97. The first kappa shape index (κ1) is 14.4. The molecule has 0 radical (unpaired) electrons. The Morgan fingerprint density at radius 1 is 1.00 bits per heavy atom. The topological polar surface area (TPSA) is 21.3 Å². The molecule has 0 aliphatic carbocycles. The molecule has 0 unspecified atom stereocenters. The summed E-state index contributed by atoms with van der Waals surface area (Å²) in [5, 5.41) is 3.38. The molecule has 0 saturated heterocycles. The molecular weight excluding hydrogens is 370 g/mol. The van der Waals surface area contributed by atoms with Gasteiger partial charge in [0, 0.05) is 21.2 Å². The molecule has 0 saturated carbocycles. The molecule has 0 bridgehead atoms. The summed E-state index contributed by atoms with van der Waals surface area (Å²) in [6, 6.07) is 16.0. The Morgan fingerprint density at radius 2 is 1.79 bits per heavy atom. The minimum Gasteiger partial charge on any atom is -0.494 e. The fourth-order valence-corrected chi connectivity index (χ4v) is 2.82. The van der Waals surface area contributed by atoms with Gasteiger partial charge in [0.1, 0.15) is 5.75 Å². The molecular formula is C15H15Br2NO. The van der Waals surface area contributed by atoms with E-state index in [1.807, 2.05) is 48.5 Å². The second kappa shape index (κ2) is 7.56. The van der Waals surface area contributed by atoms with Crippen LogP contribution in [0.15, 0.2) is 57.5 Å². The van der Waals surface area contributed by atoms with Gasteiger partial charge in [-0.25, -0.2) is 0 Å². The van der Waals surface area contributed by atoms with E-state index in [1.165, 1.54) is 0 Å². The van der Waals surface area contributed by atoms with Gasteiger partial charge in [-0.15, -0.1) is 0 Å². The van der Waals surface area contributed by atoms with E-state index in [-0.39, 0.29) is 0 Å². The van der Waals surface area contributed by atoms with Crippen LogP contribution in [-0.2, 0) is 0 Å². The molecule has 1 N–H and O–H groups in total. The van der Waals surface area contributed by atoms with Gasteiger partial charge in [0.2, 0.25) is 0 Å². The van der Waals surface area contributed by atoms with Crippen molar-refractivity contribution >= 4 is 37.5 Å². The Bertz CT molecular complexity index is 517. The molecule has 2 aromatic rings. The van der Waals surface area contributed by atoms with Crippen molar-refractivity contribution in [2.75, 3.05) is 18.5 Å². The fraction of sp³-hybridized carbons (Fsp3) is 0.200. The van der Waals surface area contributed by atoms with E-state index in [0.29, 0.717) is 6.61 Å². The third-order valence-electron chi connectivity index (χ3n) is 2.58. The number of nitrogens with one attached hydrogen (secondary N) is 1. The van der Waals surface area contributed by atoms with Crippen LogP contribution in [0.2, 0.25) is 0 Å². The predicted octanol–water partition coefficient (Wildman–Crippen LogP) is 5.09. The highest BCUT2D eigenvalue weighted by molar-refractivity contribution is 9.11. The first-order valence-corrected chi connectivity index (χ1v) is 7.71. The van der Waals surface area contributed by atoms with Gasteiger partial charge in [0.05, 0.1) is 6.61 Å². The minimum absolute atomic E-state index is 0.713. The van der Waals surface area contributed by atoms with Gasteiger partial charge < -0.3 is 10.1 Å². The molecule has 0 aliphatic heterocycles. The van der Waals surface area contributed by atoms with Crippen molar-refractivity contribution in [2.45, 2.75) is 6.42 Å². The molecule has 100 valence electrons. The highest BCUT2D eigenvalue weighted by atomic mass is 79.9. The molecule has 0 aliphatic rings. The zero-order chi connectivity index (χ0) is 13.5. The molecule has 0 amide bonds. The molecule has 2 nitrogen and oxygen atoms in total. The van der Waals surface area contributed by atoms with Crippen LogP contribution in [0, 0.1) is 0 Å². The lowest BCUT2D eigenvalue weighted by molar-refractivity contribution is 0.315. The van der Waals surface area contributed by atoms with Crippen LogP contribution in [0.4, 0.5) is 5.69 Å². The fourth-order valence-electron chi connectivity index (χ4n) is 1.63. The maximum Gasteiger partial charge on any atom is 0.119 e. The third-order valence-corrected chi connectivity index (χ3v) is 3.73. The molecule has 0 aromatic heterocycles. The van der Waals surface area contributed by atoms with E-state index in [1.54, 1.807) is 0 Å². The number of ether oxygens (including phenoxy) is 1. The number of benzene rings is 2. The van der Waals surface area contributed by atoms with Crippen LogP contribution in [-0.4, -0.2) is 13.2 Å². The molecule has 2 rings (SSSR count). The maximum absolute atomic E-state index is 5.63. The van der Waals surface area contributed by atoms with Crippen molar-refractivity contribution in [3.8, 4) is 5.75 Å². The standard InChI is InChI=1S/C15H15Br2NO/c16-12-7-8-15(14(17)11-12)18-9-4-10-19-13-5-2-1-3-6-13/h1-3,5-8,11,18H,4,9-10H2. The summed E-state index contributed by atoms with van der Waals surface area (Å²) in [6.07, 6.45) is 0.956. The summed E-state index contributed by atoms with van der Waals surface area (Å²) in [5.74, 6) is 0.923. The molecule has 2 aromatic carbocycles. The van der Waals surface area contributed by atoms with Crippen molar-refractivity contribution in [2.24, 2.45) is 0 Å². The third kappa shape index (κ3) is 4.88. The lowest BCUT2D eigenvalue weighted by atomic mass is 10.3. The summed E-state index contributed by atoms with van der Waals surface area (Å²) in [4.78, 5) is 0. The first-order chi connectivity index (χ1) is 9.25. The normalized spacial score (nSPS) is 10.2. The van der Waals surface area contributed by atoms with Crippen molar-refractivity contribution in [1.29, 1.82) is 0 Å². The summed E-state index contributed by atoms with van der Waals surface area (Å²) in [7, 11) is 0. The maximum atomic E-state index is 5.63. The SMILES string of the molecule is Brc1ccc(NCCCOc2ccccc2)c(Br)c1. The van der Waals surface area contributed by atoms with Gasteiger partial charge in [-0.2, -0.15) is 0 Å². The lowest BCUT2D eigenvalue weighted by Crippen LogP contribution is -2.07. The van der Waals surface area contributed by atoms with Gasteiger partial charge in [0.25, 0.3) is 0 Å². The second-order valence-electron chi connectivity index (χ2n) is 4.07. The number of hydrogen-bond donors (Lipinski definition) is 1. The highest BCUT2D eigenvalue weighted by Gasteiger charge is 1.99. The highest BCUT2D eigenvalue weighted by Crippen LogP contribution is 2.25. The Morgan fingerprint density at radius 3 is 2.53 bits per heavy atom. The van der Waals surface area contributed by atoms with E-state index in [2.05, 4.69) is 37.2 Å². The lowest BCUT2D eigenvalue weighted by Gasteiger charge is -2.09. The van der Waals surface area contributed by atoms with E-state index in [0.717, 1.165) is 33.3 Å². The number of anilines is 1. The van der Waals surface area contributed by atoms with Crippen LogP contribution in [0.5, 0.6) is 5.75 Å². The number of rotatable bonds is 6. The van der Waals surface area contributed by atoms with E-state index in [4.69, 9.17) is 4.74 Å². The molecule has 19 heavy (non-hydrogen) atoms. The molecule has 0 fully saturated rings. The monoisotopic (exact) mass is 383 g/mol. The number of halogens is 2. The van der Waals surface area contributed by atoms with Crippen LogP contribution in [0.25, 0.3) is 0 Å². The van der Waals surface area contributed by atoms with Gasteiger partial charge in [-0.05, 0) is 52.7 Å². The summed E-state index contributed by atoms with van der Waals surface area (Å²) < 4.78 is 7.76. The van der Waals surface area contributed by atoms with Crippen molar-refractivity contribution in [1.82, 2.24) is 0 Å². The van der Waals surface area contributed by atoms with Gasteiger partial charge >= 0.3 is 0 Å². The molecule has 0 spiro atoms. The van der Waals surface area contributed by atoms with E-state index in [9.17, 15) is 0 Å². The smallest absolute Gasteiger partial charge is 0.119 e. The first-order valence-electron chi connectivity index (χ1n) is 6.12. The Kier molecular flexibility index (Phi) is 5.73. The zero-order valence-corrected chi connectivity index (χ0v) is 13.6. The van der Waals surface area contributed by atoms with Crippen LogP contribution in [0.3, 0.4) is 0 Å². The number of hydrogen-bond acceptors (Lipinski definition) is 2. The molecule has 0 atom stereocenters. The summed E-state index contributed by atoms with van der Waals surface area (Å²) in [5.41, 5.74) is 1.10. The Labute approximate surface area is 130 Å². The predicted molar refractivity (Wildman–Crippen MR) is 86.9 cm³/mol. The van der Waals surface area contributed by atoms with Gasteiger partial charge in [-0.1, -0.05) is 34.1 Å². The van der Waals surface area contributed by atoms with Gasteiger partial charge in [-0.3, -0.25) is 0 Å².